The first-order valence-corrected chi connectivity index (χ1v) is 12.3. The van der Waals surface area contributed by atoms with Crippen LogP contribution in [0.2, 0.25) is 0 Å². The molecule has 0 aromatic heterocycles. The first kappa shape index (κ1) is 25.7. The van der Waals surface area contributed by atoms with Crippen molar-refractivity contribution in [2.45, 2.75) is 17.4 Å². The monoisotopic (exact) mass is 496 g/mol. The van der Waals surface area contributed by atoms with Gasteiger partial charge in [0, 0.05) is 24.8 Å². The third-order valence-electron chi connectivity index (χ3n) is 5.32. The Balaban J connectivity index is 1.72. The maximum absolute atomic E-state index is 13.3. The molecule has 1 unspecified atom stereocenters. The summed E-state index contributed by atoms with van der Waals surface area (Å²) in [6.45, 7) is -0.530. The van der Waals surface area contributed by atoms with Crippen molar-refractivity contribution < 1.29 is 22.7 Å². The van der Waals surface area contributed by atoms with Gasteiger partial charge in [0.2, 0.25) is 21.8 Å². The van der Waals surface area contributed by atoms with Crippen LogP contribution in [0, 0.1) is 0 Å². The first-order chi connectivity index (χ1) is 16.7. The number of amides is 2. The maximum atomic E-state index is 13.3. The van der Waals surface area contributed by atoms with Crippen molar-refractivity contribution in [1.82, 2.24) is 10.0 Å². The number of sulfonamides is 1. The Morgan fingerprint density at radius 2 is 1.60 bits per heavy atom. The lowest BCUT2D eigenvalue weighted by atomic mass is 10.0. The number of hydrogen-bond donors (Lipinski definition) is 3. The van der Waals surface area contributed by atoms with E-state index in [0.717, 1.165) is 5.56 Å². The molecule has 0 radical (unpaired) electrons. The van der Waals surface area contributed by atoms with E-state index in [0.29, 0.717) is 17.1 Å². The molecular weight excluding hydrogens is 468 g/mol. The minimum atomic E-state index is -3.93. The van der Waals surface area contributed by atoms with Crippen molar-refractivity contribution in [2.24, 2.45) is 0 Å². The largest absolute Gasteiger partial charge is 0.497 e. The van der Waals surface area contributed by atoms with Gasteiger partial charge in [-0.15, -0.1) is 0 Å². The van der Waals surface area contributed by atoms with Gasteiger partial charge in [0.25, 0.3) is 0 Å². The van der Waals surface area contributed by atoms with Crippen molar-refractivity contribution in [3.05, 3.63) is 84.4 Å². The van der Waals surface area contributed by atoms with Crippen LogP contribution in [-0.2, 0) is 26.0 Å². The second kappa shape index (κ2) is 11.5. The zero-order chi connectivity index (χ0) is 25.4. The van der Waals surface area contributed by atoms with Crippen LogP contribution in [0.1, 0.15) is 5.56 Å². The molecule has 0 aliphatic heterocycles. The molecule has 3 rings (SSSR count). The SMILES string of the molecule is COc1ccc(N(C)C(=O)C(Cc2ccccc2)NC(=O)CNS(=O)(=O)c2ccc(N)cc2)cc1. The summed E-state index contributed by atoms with van der Waals surface area (Å²) >= 11 is 0. The van der Waals surface area contributed by atoms with Crippen LogP contribution in [0.5, 0.6) is 5.75 Å². The number of nitrogens with zero attached hydrogens (tertiary/aromatic N) is 1. The van der Waals surface area contributed by atoms with Crippen LogP contribution in [-0.4, -0.2) is 47.0 Å². The molecule has 0 heterocycles. The highest BCUT2D eigenvalue weighted by atomic mass is 32.2. The zero-order valence-electron chi connectivity index (χ0n) is 19.5. The van der Waals surface area contributed by atoms with Gasteiger partial charge in [-0.1, -0.05) is 30.3 Å². The van der Waals surface area contributed by atoms with E-state index in [2.05, 4.69) is 10.0 Å². The fraction of sp³-hybridized carbons (Fsp3) is 0.200. The summed E-state index contributed by atoms with van der Waals surface area (Å²) < 4.78 is 32.4. The van der Waals surface area contributed by atoms with Gasteiger partial charge in [-0.2, -0.15) is 0 Å². The standard InChI is InChI=1S/C25H28N4O5S/c1-29(20-10-12-21(34-2)13-11-20)25(31)23(16-18-6-4-3-5-7-18)28-24(30)17-27-35(32,33)22-14-8-19(26)9-15-22/h3-15,23,27H,16-17,26H2,1-2H3,(H,28,30). The average molecular weight is 497 g/mol. The lowest BCUT2D eigenvalue weighted by molar-refractivity contribution is -0.126. The van der Waals surface area contributed by atoms with Gasteiger partial charge < -0.3 is 20.7 Å². The third-order valence-corrected chi connectivity index (χ3v) is 6.74. The number of nitrogen functional groups attached to an aromatic ring is 1. The first-order valence-electron chi connectivity index (χ1n) is 10.8. The molecule has 0 saturated heterocycles. The Labute approximate surface area is 204 Å². The number of carbonyl (C=O) groups is 2. The number of methoxy groups -OCH3 is 1. The topological polar surface area (TPSA) is 131 Å². The van der Waals surface area contributed by atoms with Gasteiger partial charge in [-0.05, 0) is 54.1 Å². The van der Waals surface area contributed by atoms with E-state index >= 15 is 0 Å². The van der Waals surface area contributed by atoms with Crippen molar-refractivity contribution in [2.75, 3.05) is 31.3 Å². The molecule has 4 N–H and O–H groups in total. The maximum Gasteiger partial charge on any atom is 0.249 e. The van der Waals surface area contributed by atoms with Gasteiger partial charge in [-0.3, -0.25) is 9.59 Å². The third kappa shape index (κ3) is 7.05. The lowest BCUT2D eigenvalue weighted by Gasteiger charge is -2.25. The number of hydrogen-bond acceptors (Lipinski definition) is 6. The van der Waals surface area contributed by atoms with Gasteiger partial charge in [0.1, 0.15) is 11.8 Å². The average Bonchev–Trinajstić information content (AvgIpc) is 2.87. The van der Waals surface area contributed by atoms with E-state index < -0.39 is 28.5 Å². The molecule has 0 aliphatic rings. The van der Waals surface area contributed by atoms with Crippen LogP contribution in [0.3, 0.4) is 0 Å². The molecule has 0 spiro atoms. The molecule has 0 bridgehead atoms. The second-order valence-electron chi connectivity index (χ2n) is 7.80. The van der Waals surface area contributed by atoms with Crippen LogP contribution in [0.15, 0.2) is 83.8 Å². The molecule has 9 nitrogen and oxygen atoms in total. The number of likely N-dealkylation sites (N-methyl/N-ethyl adjacent to an activating group) is 1. The molecule has 3 aromatic rings. The summed E-state index contributed by atoms with van der Waals surface area (Å²) in [4.78, 5) is 27.4. The van der Waals surface area contributed by atoms with E-state index in [1.165, 1.54) is 29.2 Å². The number of benzene rings is 3. The quantitative estimate of drug-likeness (QED) is 0.368. The Kier molecular flexibility index (Phi) is 8.45. The van der Waals surface area contributed by atoms with Crippen molar-refractivity contribution >= 4 is 33.2 Å². The van der Waals surface area contributed by atoms with E-state index in [1.54, 1.807) is 38.4 Å². The van der Waals surface area contributed by atoms with Crippen molar-refractivity contribution in [3.8, 4) is 5.75 Å². The lowest BCUT2D eigenvalue weighted by Crippen LogP contribution is -2.51. The molecule has 2 amide bonds. The minimum Gasteiger partial charge on any atom is -0.497 e. The smallest absolute Gasteiger partial charge is 0.249 e. The Bertz CT molecular complexity index is 1250. The molecule has 1 atom stereocenters. The highest BCUT2D eigenvalue weighted by molar-refractivity contribution is 7.89. The second-order valence-corrected chi connectivity index (χ2v) is 9.57. The zero-order valence-corrected chi connectivity index (χ0v) is 20.3. The number of rotatable bonds is 10. The van der Waals surface area contributed by atoms with Gasteiger partial charge in [0.05, 0.1) is 18.6 Å². The van der Waals surface area contributed by atoms with E-state index in [-0.39, 0.29) is 17.2 Å². The normalized spacial score (nSPS) is 11.9. The van der Waals surface area contributed by atoms with Crippen LogP contribution in [0.25, 0.3) is 0 Å². The van der Waals surface area contributed by atoms with Gasteiger partial charge in [-0.25, -0.2) is 13.1 Å². The van der Waals surface area contributed by atoms with Crippen LogP contribution >= 0.6 is 0 Å². The summed E-state index contributed by atoms with van der Waals surface area (Å²) in [5.74, 6) is -0.340. The highest BCUT2D eigenvalue weighted by Crippen LogP contribution is 2.19. The number of ether oxygens (including phenoxy) is 1. The summed E-state index contributed by atoms with van der Waals surface area (Å²) in [5.41, 5.74) is 7.48. The number of anilines is 2. The molecular formula is C25H28N4O5S. The van der Waals surface area contributed by atoms with E-state index in [1.807, 2.05) is 30.3 Å². The van der Waals surface area contributed by atoms with Crippen molar-refractivity contribution in [3.63, 3.8) is 0 Å². The van der Waals surface area contributed by atoms with Crippen molar-refractivity contribution in [1.29, 1.82) is 0 Å². The molecule has 0 saturated carbocycles. The Morgan fingerprint density at radius 3 is 2.20 bits per heavy atom. The van der Waals surface area contributed by atoms with Crippen LogP contribution in [0.4, 0.5) is 11.4 Å². The molecule has 35 heavy (non-hydrogen) atoms. The number of nitrogens with two attached hydrogens (primary N) is 1. The number of nitrogens with one attached hydrogen (secondary N) is 2. The highest BCUT2D eigenvalue weighted by Gasteiger charge is 2.26. The summed E-state index contributed by atoms with van der Waals surface area (Å²) in [5, 5.41) is 2.67. The van der Waals surface area contributed by atoms with Crippen LogP contribution < -0.4 is 25.4 Å². The van der Waals surface area contributed by atoms with Gasteiger partial charge >= 0.3 is 0 Å². The Morgan fingerprint density at radius 1 is 0.971 bits per heavy atom. The predicted molar refractivity (Wildman–Crippen MR) is 135 cm³/mol. The predicted octanol–water partition coefficient (Wildman–Crippen LogP) is 1.95. The fourth-order valence-corrected chi connectivity index (χ4v) is 4.34. The fourth-order valence-electron chi connectivity index (χ4n) is 3.35. The Hall–Kier alpha value is -3.89. The van der Waals surface area contributed by atoms with E-state index in [4.69, 9.17) is 10.5 Å². The summed E-state index contributed by atoms with van der Waals surface area (Å²) in [7, 11) is -0.765. The molecule has 184 valence electrons. The molecule has 0 fully saturated rings. The van der Waals surface area contributed by atoms with E-state index in [9.17, 15) is 18.0 Å². The molecule has 0 aliphatic carbocycles. The minimum absolute atomic E-state index is 0.0179. The summed E-state index contributed by atoms with van der Waals surface area (Å²) in [6, 6.07) is 20.9. The molecule has 3 aromatic carbocycles. The molecule has 10 heteroatoms. The van der Waals surface area contributed by atoms with Gasteiger partial charge in [0.15, 0.2) is 0 Å². The summed E-state index contributed by atoms with van der Waals surface area (Å²) in [6.07, 6.45) is 0.233. The number of carbonyl (C=O) groups excluding carboxylic acids is 2.